The monoisotopic (exact) mass is 210 g/mol. The van der Waals surface area contributed by atoms with Gasteiger partial charge in [0, 0.05) is 19.3 Å². The van der Waals surface area contributed by atoms with Crippen LogP contribution < -0.4 is 0 Å². The highest BCUT2D eigenvalue weighted by Crippen LogP contribution is 2.09. The molecule has 1 saturated heterocycles. The second-order valence-corrected chi connectivity index (χ2v) is 3.87. The van der Waals surface area contributed by atoms with Crippen molar-refractivity contribution < 1.29 is 9.47 Å². The average Bonchev–Trinajstić information content (AvgIpc) is 2.75. The molecular weight excluding hydrogens is 188 g/mol. The topological polar surface area (TPSA) is 18.5 Å². The summed E-state index contributed by atoms with van der Waals surface area (Å²) in [6, 6.07) is 0. The van der Waals surface area contributed by atoms with Crippen LogP contribution in [0.15, 0.2) is 0 Å². The molecular formula is C13H22O2. The van der Waals surface area contributed by atoms with Crippen LogP contribution in [0, 0.1) is 11.8 Å². The van der Waals surface area contributed by atoms with Crippen LogP contribution in [0.25, 0.3) is 0 Å². The highest BCUT2D eigenvalue weighted by molar-refractivity contribution is 4.98. The SMILES string of the molecule is CCCCCCC#CCCC1OCCO1. The third kappa shape index (κ3) is 6.54. The van der Waals surface area contributed by atoms with Crippen LogP contribution in [-0.2, 0) is 9.47 Å². The molecule has 0 aromatic rings. The van der Waals surface area contributed by atoms with Gasteiger partial charge in [-0.3, -0.25) is 0 Å². The van der Waals surface area contributed by atoms with Crippen molar-refractivity contribution in [1.82, 2.24) is 0 Å². The third-order valence-electron chi connectivity index (χ3n) is 2.48. The number of ether oxygens (including phenoxy) is 2. The van der Waals surface area contributed by atoms with E-state index in [2.05, 4.69) is 18.8 Å². The second kappa shape index (κ2) is 8.76. The molecule has 1 fully saturated rings. The van der Waals surface area contributed by atoms with E-state index < -0.39 is 0 Å². The largest absolute Gasteiger partial charge is 0.350 e. The molecule has 0 amide bonds. The van der Waals surface area contributed by atoms with Gasteiger partial charge in [-0.2, -0.15) is 0 Å². The van der Waals surface area contributed by atoms with Gasteiger partial charge >= 0.3 is 0 Å². The van der Waals surface area contributed by atoms with E-state index in [0.717, 1.165) is 32.5 Å². The molecule has 0 unspecified atom stereocenters. The Labute approximate surface area is 93.3 Å². The Balaban J connectivity index is 1.87. The molecule has 0 atom stereocenters. The van der Waals surface area contributed by atoms with E-state index >= 15 is 0 Å². The normalized spacial score (nSPS) is 16.3. The third-order valence-corrected chi connectivity index (χ3v) is 2.48. The fourth-order valence-corrected chi connectivity index (χ4v) is 1.58. The summed E-state index contributed by atoms with van der Waals surface area (Å²) < 4.78 is 10.6. The van der Waals surface area contributed by atoms with E-state index in [1.54, 1.807) is 0 Å². The zero-order chi connectivity index (χ0) is 10.8. The summed E-state index contributed by atoms with van der Waals surface area (Å²) in [4.78, 5) is 0. The zero-order valence-electron chi connectivity index (χ0n) is 9.76. The minimum atomic E-state index is 0.0133. The molecule has 1 heterocycles. The molecule has 0 radical (unpaired) electrons. The standard InChI is InChI=1S/C13H22O2/c1-2-3-4-5-6-7-8-9-10-13-14-11-12-15-13/h13H,2-6,9-12H2,1H3. The van der Waals surface area contributed by atoms with E-state index in [1.807, 2.05) is 0 Å². The second-order valence-electron chi connectivity index (χ2n) is 3.87. The van der Waals surface area contributed by atoms with E-state index in [-0.39, 0.29) is 6.29 Å². The molecule has 0 aromatic carbocycles. The van der Waals surface area contributed by atoms with Gasteiger partial charge < -0.3 is 9.47 Å². The zero-order valence-corrected chi connectivity index (χ0v) is 9.76. The quantitative estimate of drug-likeness (QED) is 0.495. The van der Waals surface area contributed by atoms with E-state index in [1.165, 1.54) is 25.7 Å². The first-order valence-electron chi connectivity index (χ1n) is 6.12. The van der Waals surface area contributed by atoms with Crippen LogP contribution in [0.2, 0.25) is 0 Å². The summed E-state index contributed by atoms with van der Waals surface area (Å²) in [7, 11) is 0. The maximum Gasteiger partial charge on any atom is 0.158 e. The van der Waals surface area contributed by atoms with Crippen molar-refractivity contribution in [1.29, 1.82) is 0 Å². The van der Waals surface area contributed by atoms with Gasteiger partial charge in [0.15, 0.2) is 6.29 Å². The summed E-state index contributed by atoms with van der Waals surface area (Å²) in [6.45, 7) is 3.72. The van der Waals surface area contributed by atoms with Gasteiger partial charge in [0.2, 0.25) is 0 Å². The highest BCUT2D eigenvalue weighted by atomic mass is 16.7. The smallest absolute Gasteiger partial charge is 0.158 e. The molecule has 1 aliphatic rings. The summed E-state index contributed by atoms with van der Waals surface area (Å²) >= 11 is 0. The number of hydrogen-bond acceptors (Lipinski definition) is 2. The maximum absolute atomic E-state index is 5.32. The minimum absolute atomic E-state index is 0.0133. The first-order valence-corrected chi connectivity index (χ1v) is 6.12. The van der Waals surface area contributed by atoms with Gasteiger partial charge in [-0.1, -0.05) is 26.2 Å². The van der Waals surface area contributed by atoms with Crippen LogP contribution >= 0.6 is 0 Å². The number of unbranched alkanes of at least 4 members (excludes halogenated alkanes) is 4. The minimum Gasteiger partial charge on any atom is -0.350 e. The van der Waals surface area contributed by atoms with Crippen LogP contribution in [0.4, 0.5) is 0 Å². The van der Waals surface area contributed by atoms with Gasteiger partial charge in [-0.15, -0.1) is 11.8 Å². The average molecular weight is 210 g/mol. The van der Waals surface area contributed by atoms with Crippen molar-refractivity contribution in [2.75, 3.05) is 13.2 Å². The summed E-state index contributed by atoms with van der Waals surface area (Å²) in [6.07, 6.45) is 8.08. The Hall–Kier alpha value is -0.520. The van der Waals surface area contributed by atoms with E-state index in [4.69, 9.17) is 9.47 Å². The van der Waals surface area contributed by atoms with E-state index in [9.17, 15) is 0 Å². The molecule has 0 N–H and O–H groups in total. The Morgan fingerprint density at radius 2 is 1.73 bits per heavy atom. The van der Waals surface area contributed by atoms with Gasteiger partial charge in [0.05, 0.1) is 13.2 Å². The lowest BCUT2D eigenvalue weighted by Gasteiger charge is -2.04. The van der Waals surface area contributed by atoms with Gasteiger partial charge in [0.25, 0.3) is 0 Å². The van der Waals surface area contributed by atoms with Gasteiger partial charge in [-0.05, 0) is 6.42 Å². The molecule has 0 aromatic heterocycles. The van der Waals surface area contributed by atoms with Gasteiger partial charge in [-0.25, -0.2) is 0 Å². The summed E-state index contributed by atoms with van der Waals surface area (Å²) in [5, 5.41) is 0. The lowest BCUT2D eigenvalue weighted by Crippen LogP contribution is -2.05. The molecule has 1 rings (SSSR count). The molecule has 1 aliphatic heterocycles. The van der Waals surface area contributed by atoms with Crippen molar-refractivity contribution in [2.24, 2.45) is 0 Å². The Morgan fingerprint density at radius 3 is 2.47 bits per heavy atom. The molecule has 0 saturated carbocycles. The molecule has 0 bridgehead atoms. The summed E-state index contributed by atoms with van der Waals surface area (Å²) in [5.74, 6) is 6.39. The predicted octanol–water partition coefficient (Wildman–Crippen LogP) is 3.11. The van der Waals surface area contributed by atoms with Crippen LogP contribution in [-0.4, -0.2) is 19.5 Å². The maximum atomic E-state index is 5.32. The van der Waals surface area contributed by atoms with Crippen molar-refractivity contribution >= 4 is 0 Å². The van der Waals surface area contributed by atoms with Crippen molar-refractivity contribution in [3.8, 4) is 11.8 Å². The van der Waals surface area contributed by atoms with Gasteiger partial charge in [0.1, 0.15) is 0 Å². The molecule has 0 aliphatic carbocycles. The van der Waals surface area contributed by atoms with E-state index in [0.29, 0.717) is 0 Å². The Morgan fingerprint density at radius 1 is 1.00 bits per heavy atom. The van der Waals surface area contributed by atoms with Crippen molar-refractivity contribution in [3.63, 3.8) is 0 Å². The van der Waals surface area contributed by atoms with Crippen LogP contribution in [0.1, 0.15) is 51.9 Å². The van der Waals surface area contributed by atoms with Crippen molar-refractivity contribution in [3.05, 3.63) is 0 Å². The van der Waals surface area contributed by atoms with Crippen molar-refractivity contribution in [2.45, 2.75) is 58.2 Å². The molecule has 2 heteroatoms. The number of rotatable bonds is 6. The Kier molecular flexibility index (Phi) is 7.33. The lowest BCUT2D eigenvalue weighted by atomic mass is 10.1. The predicted molar refractivity (Wildman–Crippen MR) is 61.5 cm³/mol. The molecule has 86 valence electrons. The number of hydrogen-bond donors (Lipinski definition) is 0. The first kappa shape index (κ1) is 12.5. The van der Waals surface area contributed by atoms with Crippen LogP contribution in [0.3, 0.4) is 0 Å². The fourth-order valence-electron chi connectivity index (χ4n) is 1.58. The molecule has 0 spiro atoms. The summed E-state index contributed by atoms with van der Waals surface area (Å²) in [5.41, 5.74) is 0. The highest BCUT2D eigenvalue weighted by Gasteiger charge is 2.13. The van der Waals surface area contributed by atoms with Crippen LogP contribution in [0.5, 0.6) is 0 Å². The first-order chi connectivity index (χ1) is 7.43. The molecule has 2 nitrogen and oxygen atoms in total. The lowest BCUT2D eigenvalue weighted by molar-refractivity contribution is -0.0454. The molecule has 15 heavy (non-hydrogen) atoms. The Bertz CT molecular complexity index is 196. The fraction of sp³-hybridized carbons (Fsp3) is 0.846.